The lowest BCUT2D eigenvalue weighted by molar-refractivity contribution is 0.0606. The van der Waals surface area contributed by atoms with E-state index in [0.717, 1.165) is 11.3 Å². The maximum absolute atomic E-state index is 12.4. The van der Waals surface area contributed by atoms with Gasteiger partial charge in [0.05, 0.1) is 21.6 Å². The summed E-state index contributed by atoms with van der Waals surface area (Å²) in [5.74, 6) is -0.597. The summed E-state index contributed by atoms with van der Waals surface area (Å²) in [6.07, 6.45) is 0. The molecular formula is C12H9BrClNO4S2. The summed E-state index contributed by atoms with van der Waals surface area (Å²) in [7, 11) is -2.64. The Balaban J connectivity index is 2.39. The maximum atomic E-state index is 12.4. The van der Waals surface area contributed by atoms with E-state index in [1.165, 1.54) is 13.2 Å². The Labute approximate surface area is 139 Å². The van der Waals surface area contributed by atoms with Crippen LogP contribution in [-0.2, 0) is 14.8 Å². The molecule has 5 nitrogen and oxygen atoms in total. The van der Waals surface area contributed by atoms with Gasteiger partial charge in [0.15, 0.2) is 0 Å². The largest absolute Gasteiger partial charge is 0.465 e. The van der Waals surface area contributed by atoms with Gasteiger partial charge in [-0.2, -0.15) is 0 Å². The lowest BCUT2D eigenvalue weighted by Gasteiger charge is -2.08. The van der Waals surface area contributed by atoms with E-state index in [1.54, 1.807) is 24.3 Å². The molecule has 0 unspecified atom stereocenters. The number of para-hydroxylation sites is 1. The lowest BCUT2D eigenvalue weighted by atomic mass is 10.3. The van der Waals surface area contributed by atoms with Gasteiger partial charge >= 0.3 is 5.97 Å². The Morgan fingerprint density at radius 1 is 1.38 bits per heavy atom. The number of rotatable bonds is 4. The minimum absolute atomic E-state index is 0.0483. The quantitative estimate of drug-likeness (QED) is 0.779. The van der Waals surface area contributed by atoms with E-state index in [2.05, 4.69) is 25.4 Å². The van der Waals surface area contributed by atoms with Gasteiger partial charge in [0, 0.05) is 0 Å². The van der Waals surface area contributed by atoms with Gasteiger partial charge in [-0.3, -0.25) is 4.72 Å². The van der Waals surface area contributed by atoms with Crippen molar-refractivity contribution < 1.29 is 17.9 Å². The first-order valence-electron chi connectivity index (χ1n) is 5.50. The van der Waals surface area contributed by atoms with E-state index >= 15 is 0 Å². The molecule has 1 aromatic carbocycles. The van der Waals surface area contributed by atoms with E-state index in [-0.39, 0.29) is 20.5 Å². The molecule has 0 saturated carbocycles. The van der Waals surface area contributed by atoms with Gasteiger partial charge in [0.2, 0.25) is 0 Å². The fraction of sp³-hybridized carbons (Fsp3) is 0.0833. The molecule has 1 aromatic heterocycles. The number of ether oxygens (including phenoxy) is 1. The number of benzene rings is 1. The molecule has 0 aliphatic carbocycles. The van der Waals surface area contributed by atoms with Gasteiger partial charge in [-0.05, 0) is 34.1 Å². The highest BCUT2D eigenvalue weighted by Crippen LogP contribution is 2.34. The summed E-state index contributed by atoms with van der Waals surface area (Å²) in [5.41, 5.74) is 0.261. The van der Waals surface area contributed by atoms with Crippen LogP contribution in [0.5, 0.6) is 0 Å². The number of halogens is 2. The normalized spacial score (nSPS) is 11.2. The third kappa shape index (κ3) is 3.57. The fourth-order valence-corrected chi connectivity index (χ4v) is 5.28. The minimum Gasteiger partial charge on any atom is -0.465 e. The van der Waals surface area contributed by atoms with Gasteiger partial charge < -0.3 is 4.74 Å². The summed E-state index contributed by atoms with van der Waals surface area (Å²) in [6.45, 7) is 0. The Hall–Kier alpha value is -1.09. The van der Waals surface area contributed by atoms with Crippen molar-refractivity contribution >= 4 is 60.5 Å². The average molecular weight is 411 g/mol. The zero-order valence-corrected chi connectivity index (χ0v) is 14.6. The zero-order chi connectivity index (χ0) is 15.6. The molecule has 0 aliphatic rings. The van der Waals surface area contributed by atoms with E-state index < -0.39 is 16.0 Å². The predicted octanol–water partition coefficient (Wildman–Crippen LogP) is 3.75. The van der Waals surface area contributed by atoms with Crippen molar-refractivity contribution in [3.8, 4) is 0 Å². The second-order valence-corrected chi connectivity index (χ2v) is 8.25. The first kappa shape index (κ1) is 16.3. The molecule has 0 atom stereocenters. The third-order valence-electron chi connectivity index (χ3n) is 2.45. The Kier molecular flexibility index (Phi) is 4.92. The molecule has 21 heavy (non-hydrogen) atoms. The number of esters is 1. The molecule has 9 heteroatoms. The summed E-state index contributed by atoms with van der Waals surface area (Å²) in [5, 5.41) is 0.278. The lowest BCUT2D eigenvalue weighted by Crippen LogP contribution is -2.13. The smallest absolute Gasteiger partial charge is 0.348 e. The number of carbonyl (C=O) groups is 1. The number of hydrogen-bond donors (Lipinski definition) is 1. The molecule has 0 amide bonds. The van der Waals surface area contributed by atoms with Crippen LogP contribution in [-0.4, -0.2) is 21.5 Å². The first-order chi connectivity index (χ1) is 9.85. The third-order valence-corrected chi connectivity index (χ3v) is 6.38. The second kappa shape index (κ2) is 6.35. The molecule has 0 saturated heterocycles. The number of anilines is 1. The summed E-state index contributed by atoms with van der Waals surface area (Å²) >= 11 is 10.0. The van der Waals surface area contributed by atoms with Crippen molar-refractivity contribution in [1.82, 2.24) is 0 Å². The van der Waals surface area contributed by atoms with Crippen LogP contribution < -0.4 is 4.72 Å². The minimum atomic E-state index is -3.87. The number of sulfonamides is 1. The average Bonchev–Trinajstić information content (AvgIpc) is 2.83. The standard InChI is InChI=1S/C12H9BrClNO4S2/c1-19-12(16)9-6-10(11(13)20-9)21(17,18)15-8-5-3-2-4-7(8)14/h2-6,15H,1H3. The fourth-order valence-electron chi connectivity index (χ4n) is 1.48. The van der Waals surface area contributed by atoms with Gasteiger partial charge in [0.1, 0.15) is 9.77 Å². The van der Waals surface area contributed by atoms with Crippen LogP contribution in [0.3, 0.4) is 0 Å². The highest BCUT2D eigenvalue weighted by molar-refractivity contribution is 9.11. The molecular weight excluding hydrogens is 402 g/mol. The number of thiophene rings is 1. The summed E-state index contributed by atoms with van der Waals surface area (Å²) < 4.78 is 32.0. The maximum Gasteiger partial charge on any atom is 0.348 e. The van der Waals surface area contributed by atoms with Crippen molar-refractivity contribution in [3.05, 3.63) is 44.0 Å². The highest BCUT2D eigenvalue weighted by atomic mass is 79.9. The van der Waals surface area contributed by atoms with Gasteiger partial charge in [-0.15, -0.1) is 11.3 Å². The van der Waals surface area contributed by atoms with E-state index in [0.29, 0.717) is 3.79 Å². The molecule has 112 valence electrons. The van der Waals surface area contributed by atoms with Crippen LogP contribution in [0, 0.1) is 0 Å². The van der Waals surface area contributed by atoms with Crippen LogP contribution in [0.15, 0.2) is 39.0 Å². The highest BCUT2D eigenvalue weighted by Gasteiger charge is 2.24. The first-order valence-corrected chi connectivity index (χ1v) is 8.97. The topological polar surface area (TPSA) is 72.5 Å². The van der Waals surface area contributed by atoms with Crippen molar-refractivity contribution in [2.45, 2.75) is 4.90 Å². The van der Waals surface area contributed by atoms with Crippen molar-refractivity contribution in [1.29, 1.82) is 0 Å². The van der Waals surface area contributed by atoms with Crippen LogP contribution in [0.4, 0.5) is 5.69 Å². The van der Waals surface area contributed by atoms with E-state index in [4.69, 9.17) is 11.6 Å². The van der Waals surface area contributed by atoms with Crippen LogP contribution >= 0.6 is 38.9 Å². The number of hydrogen-bond acceptors (Lipinski definition) is 5. The molecule has 0 aliphatic heterocycles. The molecule has 2 rings (SSSR count). The second-order valence-electron chi connectivity index (χ2n) is 3.83. The van der Waals surface area contributed by atoms with E-state index in [1.807, 2.05) is 0 Å². The summed E-state index contributed by atoms with van der Waals surface area (Å²) in [4.78, 5) is 11.6. The van der Waals surface area contributed by atoms with Crippen LogP contribution in [0.2, 0.25) is 5.02 Å². The van der Waals surface area contributed by atoms with Crippen molar-refractivity contribution in [3.63, 3.8) is 0 Å². The number of carbonyl (C=O) groups excluding carboxylic acids is 1. The van der Waals surface area contributed by atoms with Gasteiger partial charge in [0.25, 0.3) is 10.0 Å². The summed E-state index contributed by atoms with van der Waals surface area (Å²) in [6, 6.07) is 7.71. The molecule has 0 radical (unpaired) electrons. The van der Waals surface area contributed by atoms with Crippen LogP contribution in [0.25, 0.3) is 0 Å². The van der Waals surface area contributed by atoms with E-state index in [9.17, 15) is 13.2 Å². The van der Waals surface area contributed by atoms with Gasteiger partial charge in [-0.25, -0.2) is 13.2 Å². The zero-order valence-electron chi connectivity index (χ0n) is 10.6. The predicted molar refractivity (Wildman–Crippen MR) is 85.6 cm³/mol. The molecule has 1 heterocycles. The van der Waals surface area contributed by atoms with Crippen molar-refractivity contribution in [2.24, 2.45) is 0 Å². The monoisotopic (exact) mass is 409 g/mol. The molecule has 0 spiro atoms. The van der Waals surface area contributed by atoms with Gasteiger partial charge in [-0.1, -0.05) is 23.7 Å². The molecule has 2 aromatic rings. The Morgan fingerprint density at radius 3 is 2.67 bits per heavy atom. The molecule has 0 fully saturated rings. The molecule has 1 N–H and O–H groups in total. The van der Waals surface area contributed by atoms with Crippen LogP contribution in [0.1, 0.15) is 9.67 Å². The number of nitrogens with one attached hydrogen (secondary N) is 1. The SMILES string of the molecule is COC(=O)c1cc(S(=O)(=O)Nc2ccccc2Cl)c(Br)s1. The molecule has 0 bridgehead atoms. The Morgan fingerprint density at radius 2 is 2.05 bits per heavy atom. The Bertz CT molecular complexity index is 788. The van der Waals surface area contributed by atoms with Crippen molar-refractivity contribution in [2.75, 3.05) is 11.8 Å². The number of methoxy groups -OCH3 is 1.